The fourth-order valence-corrected chi connectivity index (χ4v) is 3.69. The van der Waals surface area contributed by atoms with E-state index in [0.717, 1.165) is 42.1 Å². The van der Waals surface area contributed by atoms with Gasteiger partial charge in [0.05, 0.1) is 5.39 Å². The molecule has 0 bridgehead atoms. The number of rotatable bonds is 1. The standard InChI is InChI=1S/C13H17ClN4S/c1-9-8-17(2)5-3-6-18(9)11-10-4-7-19-12(10)16-13(14)15-11/h4,7,9H,3,5-6,8H2,1-2H3. The average Bonchev–Trinajstić information content (AvgIpc) is 2.74. The van der Waals surface area contributed by atoms with E-state index in [2.05, 4.69) is 39.8 Å². The molecule has 0 aliphatic carbocycles. The van der Waals surface area contributed by atoms with Gasteiger partial charge in [-0.25, -0.2) is 4.98 Å². The summed E-state index contributed by atoms with van der Waals surface area (Å²) in [5.41, 5.74) is 0. The van der Waals surface area contributed by atoms with E-state index in [0.29, 0.717) is 11.3 Å². The third-order valence-corrected chi connectivity index (χ3v) is 4.57. The Labute approximate surface area is 122 Å². The van der Waals surface area contributed by atoms with Crippen molar-refractivity contribution in [3.05, 3.63) is 16.7 Å². The zero-order valence-corrected chi connectivity index (χ0v) is 12.7. The molecule has 2 aromatic heterocycles. The summed E-state index contributed by atoms with van der Waals surface area (Å²) >= 11 is 7.68. The smallest absolute Gasteiger partial charge is 0.225 e. The number of anilines is 1. The topological polar surface area (TPSA) is 32.3 Å². The van der Waals surface area contributed by atoms with Gasteiger partial charge < -0.3 is 9.80 Å². The van der Waals surface area contributed by atoms with Gasteiger partial charge in [-0.05, 0) is 50.0 Å². The third-order valence-electron chi connectivity index (χ3n) is 3.60. The van der Waals surface area contributed by atoms with Gasteiger partial charge in [0.15, 0.2) is 0 Å². The predicted molar refractivity (Wildman–Crippen MR) is 81.3 cm³/mol. The number of hydrogen-bond donors (Lipinski definition) is 0. The number of aromatic nitrogens is 2. The van der Waals surface area contributed by atoms with Crippen LogP contribution in [0.4, 0.5) is 5.82 Å². The zero-order chi connectivity index (χ0) is 13.4. The van der Waals surface area contributed by atoms with Crippen molar-refractivity contribution in [1.29, 1.82) is 0 Å². The van der Waals surface area contributed by atoms with Crippen molar-refractivity contribution in [1.82, 2.24) is 14.9 Å². The quantitative estimate of drug-likeness (QED) is 0.758. The van der Waals surface area contributed by atoms with Crippen molar-refractivity contribution in [3.63, 3.8) is 0 Å². The minimum Gasteiger partial charge on any atom is -0.352 e. The minimum absolute atomic E-state index is 0.342. The van der Waals surface area contributed by atoms with Gasteiger partial charge >= 0.3 is 0 Å². The molecule has 0 amide bonds. The fraction of sp³-hybridized carbons (Fsp3) is 0.538. The summed E-state index contributed by atoms with van der Waals surface area (Å²) in [7, 11) is 2.17. The van der Waals surface area contributed by atoms with Crippen LogP contribution in [0.1, 0.15) is 13.3 Å². The zero-order valence-electron chi connectivity index (χ0n) is 11.1. The molecular formula is C13H17ClN4S. The maximum absolute atomic E-state index is 6.06. The molecular weight excluding hydrogens is 280 g/mol. The van der Waals surface area contributed by atoms with E-state index in [1.807, 2.05) is 5.38 Å². The molecule has 4 nitrogen and oxygen atoms in total. The molecule has 2 aromatic rings. The molecule has 0 saturated carbocycles. The van der Waals surface area contributed by atoms with Crippen LogP contribution in [0.3, 0.4) is 0 Å². The summed E-state index contributed by atoms with van der Waals surface area (Å²) in [6.07, 6.45) is 1.15. The highest BCUT2D eigenvalue weighted by Crippen LogP contribution is 2.30. The molecule has 3 rings (SSSR count). The molecule has 1 aliphatic rings. The van der Waals surface area contributed by atoms with Crippen LogP contribution in [0, 0.1) is 0 Å². The largest absolute Gasteiger partial charge is 0.352 e. The molecule has 3 heterocycles. The van der Waals surface area contributed by atoms with Crippen molar-refractivity contribution < 1.29 is 0 Å². The summed E-state index contributed by atoms with van der Waals surface area (Å²) in [5, 5.41) is 3.51. The van der Waals surface area contributed by atoms with Gasteiger partial charge in [0.1, 0.15) is 10.6 Å². The van der Waals surface area contributed by atoms with Crippen molar-refractivity contribution in [3.8, 4) is 0 Å². The van der Waals surface area contributed by atoms with E-state index in [1.165, 1.54) is 0 Å². The Morgan fingerprint density at radius 3 is 3.05 bits per heavy atom. The van der Waals surface area contributed by atoms with Gasteiger partial charge in [0, 0.05) is 19.1 Å². The Balaban J connectivity index is 2.04. The highest BCUT2D eigenvalue weighted by Gasteiger charge is 2.23. The summed E-state index contributed by atoms with van der Waals surface area (Å²) < 4.78 is 0. The first-order chi connectivity index (χ1) is 9.15. The molecule has 0 spiro atoms. The first-order valence-corrected chi connectivity index (χ1v) is 7.77. The lowest BCUT2D eigenvalue weighted by molar-refractivity contribution is 0.337. The molecule has 19 heavy (non-hydrogen) atoms. The molecule has 1 unspecified atom stereocenters. The Morgan fingerprint density at radius 2 is 2.21 bits per heavy atom. The number of thiophene rings is 1. The summed E-state index contributed by atoms with van der Waals surface area (Å²) in [6, 6.07) is 2.52. The minimum atomic E-state index is 0.342. The molecule has 102 valence electrons. The van der Waals surface area contributed by atoms with Crippen LogP contribution < -0.4 is 4.90 Å². The van der Waals surface area contributed by atoms with Gasteiger partial charge in [0.2, 0.25) is 5.28 Å². The van der Waals surface area contributed by atoms with Crippen LogP contribution in [0.2, 0.25) is 5.28 Å². The predicted octanol–water partition coefficient (Wildman–Crippen LogP) is 2.88. The van der Waals surface area contributed by atoms with Gasteiger partial charge in [-0.15, -0.1) is 11.3 Å². The van der Waals surface area contributed by atoms with Crippen molar-refractivity contribution in [2.45, 2.75) is 19.4 Å². The lowest BCUT2D eigenvalue weighted by Crippen LogP contribution is -2.38. The summed E-state index contributed by atoms with van der Waals surface area (Å²) in [5.74, 6) is 0.985. The third kappa shape index (κ3) is 2.55. The highest BCUT2D eigenvalue weighted by molar-refractivity contribution is 7.16. The van der Waals surface area contributed by atoms with Gasteiger partial charge in [-0.1, -0.05) is 0 Å². The Morgan fingerprint density at radius 1 is 1.37 bits per heavy atom. The molecule has 1 saturated heterocycles. The van der Waals surface area contributed by atoms with Crippen LogP contribution in [0.5, 0.6) is 0 Å². The van der Waals surface area contributed by atoms with E-state index in [4.69, 9.17) is 11.6 Å². The van der Waals surface area contributed by atoms with E-state index in [-0.39, 0.29) is 0 Å². The monoisotopic (exact) mass is 296 g/mol. The lowest BCUT2D eigenvalue weighted by atomic mass is 10.2. The number of fused-ring (bicyclic) bond motifs is 1. The van der Waals surface area contributed by atoms with E-state index in [1.54, 1.807) is 11.3 Å². The van der Waals surface area contributed by atoms with Crippen molar-refractivity contribution >= 4 is 39.0 Å². The van der Waals surface area contributed by atoms with Gasteiger partial charge in [-0.2, -0.15) is 4.98 Å². The highest BCUT2D eigenvalue weighted by atomic mass is 35.5. The second-order valence-corrected chi connectivity index (χ2v) is 6.35. The van der Waals surface area contributed by atoms with Crippen LogP contribution >= 0.6 is 22.9 Å². The van der Waals surface area contributed by atoms with Crippen LogP contribution in [0.15, 0.2) is 11.4 Å². The maximum atomic E-state index is 6.06. The second-order valence-electron chi connectivity index (χ2n) is 5.11. The van der Waals surface area contributed by atoms with Gasteiger partial charge in [0.25, 0.3) is 0 Å². The van der Waals surface area contributed by atoms with Crippen molar-refractivity contribution in [2.75, 3.05) is 31.6 Å². The SMILES string of the molecule is CC1CN(C)CCCN1c1nc(Cl)nc2sccc12. The Kier molecular flexibility index (Phi) is 3.60. The normalized spacial score (nSPS) is 21.8. The van der Waals surface area contributed by atoms with E-state index < -0.39 is 0 Å². The Bertz CT molecular complexity index is 585. The molecule has 0 aromatic carbocycles. The van der Waals surface area contributed by atoms with Crippen molar-refractivity contribution in [2.24, 2.45) is 0 Å². The number of nitrogens with zero attached hydrogens (tertiary/aromatic N) is 4. The van der Waals surface area contributed by atoms with E-state index >= 15 is 0 Å². The second kappa shape index (κ2) is 5.23. The maximum Gasteiger partial charge on any atom is 0.225 e. The number of hydrogen-bond acceptors (Lipinski definition) is 5. The van der Waals surface area contributed by atoms with E-state index in [9.17, 15) is 0 Å². The molecule has 0 N–H and O–H groups in total. The Hall–Kier alpha value is -0.910. The molecule has 1 fully saturated rings. The molecule has 6 heteroatoms. The van der Waals surface area contributed by atoms with Gasteiger partial charge in [-0.3, -0.25) is 0 Å². The number of likely N-dealkylation sites (N-methyl/N-ethyl adjacent to an activating group) is 1. The molecule has 0 radical (unpaired) electrons. The molecule has 1 aliphatic heterocycles. The first-order valence-electron chi connectivity index (χ1n) is 6.51. The summed E-state index contributed by atoms with van der Waals surface area (Å²) in [4.78, 5) is 14.5. The first kappa shape index (κ1) is 13.1. The lowest BCUT2D eigenvalue weighted by Gasteiger charge is -2.29. The van der Waals surface area contributed by atoms with Crippen LogP contribution in [-0.2, 0) is 0 Å². The summed E-state index contributed by atoms with van der Waals surface area (Å²) in [6.45, 7) is 5.44. The van der Waals surface area contributed by atoms with Crippen LogP contribution in [0.25, 0.3) is 10.2 Å². The number of halogens is 1. The average molecular weight is 297 g/mol. The van der Waals surface area contributed by atoms with Crippen LogP contribution in [-0.4, -0.2) is 47.6 Å². The fourth-order valence-electron chi connectivity index (χ4n) is 2.72. The molecule has 1 atom stereocenters.